The standard InChI is InChI=1S/C23H18N4O2/c1-16-4-2-3-5-21(16)23(29)26-20-12-10-19(11-13-20)22(28)27-25-15-18-8-6-17(14-24)7-9-18/h2-13,15H,1H3,(H,26,29)(H,27,28). The molecule has 0 aliphatic carbocycles. The number of anilines is 1. The molecule has 2 amide bonds. The molecule has 2 N–H and O–H groups in total. The third kappa shape index (κ3) is 5.15. The molecule has 142 valence electrons. The molecule has 0 bridgehead atoms. The molecular weight excluding hydrogens is 364 g/mol. The van der Waals surface area contributed by atoms with Gasteiger partial charge < -0.3 is 5.32 Å². The predicted molar refractivity (Wildman–Crippen MR) is 112 cm³/mol. The first-order valence-electron chi connectivity index (χ1n) is 8.87. The fourth-order valence-corrected chi connectivity index (χ4v) is 2.60. The summed E-state index contributed by atoms with van der Waals surface area (Å²) in [5, 5.41) is 15.5. The van der Waals surface area contributed by atoms with E-state index >= 15 is 0 Å². The van der Waals surface area contributed by atoms with E-state index in [0.29, 0.717) is 22.4 Å². The smallest absolute Gasteiger partial charge is 0.271 e. The highest BCUT2D eigenvalue weighted by atomic mass is 16.2. The van der Waals surface area contributed by atoms with Gasteiger partial charge in [0, 0.05) is 16.8 Å². The molecule has 0 radical (unpaired) electrons. The molecule has 6 heteroatoms. The largest absolute Gasteiger partial charge is 0.322 e. The second kappa shape index (κ2) is 9.11. The van der Waals surface area contributed by atoms with Crippen molar-refractivity contribution in [2.24, 2.45) is 5.10 Å². The number of nitrogens with zero attached hydrogens (tertiary/aromatic N) is 2. The minimum Gasteiger partial charge on any atom is -0.322 e. The number of nitriles is 1. The van der Waals surface area contributed by atoms with E-state index in [2.05, 4.69) is 15.8 Å². The van der Waals surface area contributed by atoms with Gasteiger partial charge in [-0.25, -0.2) is 5.43 Å². The van der Waals surface area contributed by atoms with E-state index in [9.17, 15) is 9.59 Å². The zero-order valence-corrected chi connectivity index (χ0v) is 15.7. The Bertz CT molecular complexity index is 1090. The lowest BCUT2D eigenvalue weighted by Gasteiger charge is -2.08. The molecule has 3 rings (SSSR count). The van der Waals surface area contributed by atoms with E-state index in [1.807, 2.05) is 31.2 Å². The summed E-state index contributed by atoms with van der Waals surface area (Å²) >= 11 is 0. The van der Waals surface area contributed by atoms with Gasteiger partial charge in [0.25, 0.3) is 11.8 Å². The first-order valence-corrected chi connectivity index (χ1v) is 8.87. The first kappa shape index (κ1) is 19.5. The summed E-state index contributed by atoms with van der Waals surface area (Å²) in [4.78, 5) is 24.5. The summed E-state index contributed by atoms with van der Waals surface area (Å²) in [7, 11) is 0. The van der Waals surface area contributed by atoms with E-state index in [-0.39, 0.29) is 11.8 Å². The van der Waals surface area contributed by atoms with Crippen LogP contribution in [0.3, 0.4) is 0 Å². The predicted octanol–water partition coefficient (Wildman–Crippen LogP) is 3.88. The number of nitrogens with one attached hydrogen (secondary N) is 2. The zero-order valence-electron chi connectivity index (χ0n) is 15.7. The van der Waals surface area contributed by atoms with Crippen molar-refractivity contribution in [3.63, 3.8) is 0 Å². The normalized spacial score (nSPS) is 10.3. The Morgan fingerprint density at radius 3 is 2.28 bits per heavy atom. The number of carbonyl (C=O) groups is 2. The second-order valence-electron chi connectivity index (χ2n) is 6.28. The quantitative estimate of drug-likeness (QED) is 0.518. The van der Waals surface area contributed by atoms with Crippen molar-refractivity contribution in [1.29, 1.82) is 5.26 Å². The Hall–Kier alpha value is -4.24. The highest BCUT2D eigenvalue weighted by Crippen LogP contribution is 2.13. The van der Waals surface area contributed by atoms with Crippen molar-refractivity contribution in [2.75, 3.05) is 5.32 Å². The number of hydrogen-bond donors (Lipinski definition) is 2. The van der Waals surface area contributed by atoms with Crippen molar-refractivity contribution in [3.05, 3.63) is 101 Å². The van der Waals surface area contributed by atoms with Crippen molar-refractivity contribution in [3.8, 4) is 6.07 Å². The van der Waals surface area contributed by atoms with Gasteiger partial charge in [0.2, 0.25) is 0 Å². The van der Waals surface area contributed by atoms with Gasteiger partial charge in [-0.2, -0.15) is 10.4 Å². The van der Waals surface area contributed by atoms with Gasteiger partial charge in [0.05, 0.1) is 17.8 Å². The van der Waals surface area contributed by atoms with Crippen LogP contribution in [0.1, 0.15) is 37.4 Å². The summed E-state index contributed by atoms with van der Waals surface area (Å²) in [5.74, 6) is -0.570. The molecule has 0 saturated heterocycles. The van der Waals surface area contributed by atoms with E-state index in [1.165, 1.54) is 6.21 Å². The number of hydrogen-bond acceptors (Lipinski definition) is 4. The molecular formula is C23H18N4O2. The third-order valence-electron chi connectivity index (χ3n) is 4.21. The van der Waals surface area contributed by atoms with Crippen molar-refractivity contribution in [1.82, 2.24) is 5.43 Å². The van der Waals surface area contributed by atoms with Gasteiger partial charge in [-0.05, 0) is 60.5 Å². The number of benzene rings is 3. The van der Waals surface area contributed by atoms with Gasteiger partial charge in [-0.3, -0.25) is 9.59 Å². The van der Waals surface area contributed by atoms with E-state index in [1.54, 1.807) is 54.6 Å². The summed E-state index contributed by atoms with van der Waals surface area (Å²) in [6.07, 6.45) is 1.50. The topological polar surface area (TPSA) is 94.3 Å². The number of amides is 2. The molecule has 29 heavy (non-hydrogen) atoms. The second-order valence-corrected chi connectivity index (χ2v) is 6.28. The van der Waals surface area contributed by atoms with Gasteiger partial charge in [-0.1, -0.05) is 30.3 Å². The summed E-state index contributed by atoms with van der Waals surface area (Å²) in [6, 6.07) is 22.7. The van der Waals surface area contributed by atoms with Crippen LogP contribution in [0.5, 0.6) is 0 Å². The average Bonchev–Trinajstić information content (AvgIpc) is 2.75. The van der Waals surface area contributed by atoms with Crippen molar-refractivity contribution < 1.29 is 9.59 Å². The Balaban J connectivity index is 1.58. The maximum atomic E-state index is 12.3. The van der Waals surface area contributed by atoms with Crippen LogP contribution >= 0.6 is 0 Å². The Morgan fingerprint density at radius 1 is 0.931 bits per heavy atom. The number of carbonyl (C=O) groups excluding carboxylic acids is 2. The zero-order chi connectivity index (χ0) is 20.6. The molecule has 3 aromatic rings. The summed E-state index contributed by atoms with van der Waals surface area (Å²) in [6.45, 7) is 1.88. The molecule has 0 atom stereocenters. The van der Waals surface area contributed by atoms with Crippen LogP contribution in [0.2, 0.25) is 0 Å². The van der Waals surface area contributed by atoms with Gasteiger partial charge >= 0.3 is 0 Å². The minimum atomic E-state index is -0.369. The lowest BCUT2D eigenvalue weighted by Crippen LogP contribution is -2.18. The SMILES string of the molecule is Cc1ccccc1C(=O)Nc1ccc(C(=O)NN=Cc2ccc(C#N)cc2)cc1. The third-order valence-corrected chi connectivity index (χ3v) is 4.21. The molecule has 6 nitrogen and oxygen atoms in total. The average molecular weight is 382 g/mol. The maximum absolute atomic E-state index is 12.3. The van der Waals surface area contributed by atoms with Crippen molar-refractivity contribution in [2.45, 2.75) is 6.92 Å². The van der Waals surface area contributed by atoms with Crippen LogP contribution in [-0.4, -0.2) is 18.0 Å². The molecule has 0 aliphatic rings. The van der Waals surface area contributed by atoms with Crippen LogP contribution in [0, 0.1) is 18.3 Å². The van der Waals surface area contributed by atoms with Crippen molar-refractivity contribution >= 4 is 23.7 Å². The molecule has 0 aromatic heterocycles. The van der Waals surface area contributed by atoms with Crippen LogP contribution in [0.4, 0.5) is 5.69 Å². The van der Waals surface area contributed by atoms with Crippen LogP contribution in [0.25, 0.3) is 0 Å². The maximum Gasteiger partial charge on any atom is 0.271 e. The number of aryl methyl sites for hydroxylation is 1. The summed E-state index contributed by atoms with van der Waals surface area (Å²) in [5.41, 5.74) is 6.27. The fraction of sp³-hybridized carbons (Fsp3) is 0.0435. The summed E-state index contributed by atoms with van der Waals surface area (Å²) < 4.78 is 0. The van der Waals surface area contributed by atoms with Gasteiger partial charge in [0.15, 0.2) is 0 Å². The lowest BCUT2D eigenvalue weighted by molar-refractivity contribution is 0.0954. The Morgan fingerprint density at radius 2 is 1.62 bits per heavy atom. The van der Waals surface area contributed by atoms with E-state index < -0.39 is 0 Å². The van der Waals surface area contributed by atoms with Gasteiger partial charge in [0.1, 0.15) is 0 Å². The van der Waals surface area contributed by atoms with Crippen LogP contribution in [-0.2, 0) is 0 Å². The Labute approximate surface area is 168 Å². The Kier molecular flexibility index (Phi) is 6.13. The number of rotatable bonds is 5. The van der Waals surface area contributed by atoms with Gasteiger partial charge in [-0.15, -0.1) is 0 Å². The van der Waals surface area contributed by atoms with E-state index in [0.717, 1.165) is 11.1 Å². The van der Waals surface area contributed by atoms with Crippen LogP contribution in [0.15, 0.2) is 77.9 Å². The van der Waals surface area contributed by atoms with Crippen LogP contribution < -0.4 is 10.7 Å². The minimum absolute atomic E-state index is 0.202. The molecule has 0 saturated carbocycles. The first-order chi connectivity index (χ1) is 14.1. The fourth-order valence-electron chi connectivity index (χ4n) is 2.60. The van der Waals surface area contributed by atoms with E-state index in [4.69, 9.17) is 5.26 Å². The highest BCUT2D eigenvalue weighted by Gasteiger charge is 2.09. The number of hydrazone groups is 1. The lowest BCUT2D eigenvalue weighted by atomic mass is 10.1. The molecule has 0 heterocycles. The molecule has 0 fully saturated rings. The highest BCUT2D eigenvalue weighted by molar-refractivity contribution is 6.05. The molecule has 3 aromatic carbocycles. The monoisotopic (exact) mass is 382 g/mol. The molecule has 0 aliphatic heterocycles. The molecule has 0 unspecified atom stereocenters. The molecule has 0 spiro atoms.